The number of urea groups is 1. The number of unbranched alkanes of at least 4 members (excludes halogenated alkanes) is 1. The van der Waals surface area contributed by atoms with E-state index in [4.69, 9.17) is 6.42 Å². The van der Waals surface area contributed by atoms with Gasteiger partial charge in [-0.1, -0.05) is 84.9 Å². The molecule has 1 aliphatic heterocycles. The number of carbonyl (C=O) groups excluding carboxylic acids is 6. The van der Waals surface area contributed by atoms with Crippen molar-refractivity contribution in [3.05, 3.63) is 48.6 Å². The molecule has 1 saturated carbocycles. The maximum absolute atomic E-state index is 14.3. The SMILES string of the molecule is C#CCCCC(NC(=O)[C@@H]1[C@@H]2[C@H](CN1C(=O)[C@@H](NC(=O)N[C@H](C(=O)c1ccccc1)C(C)C)C(C)(C)C)C2(C)C)C(=O)C(=O)NCC=C. The van der Waals surface area contributed by atoms with E-state index in [2.05, 4.69) is 33.8 Å². The highest BCUT2D eigenvalue weighted by Crippen LogP contribution is 2.65. The molecule has 260 valence electrons. The van der Waals surface area contributed by atoms with Crippen LogP contribution in [0.5, 0.6) is 0 Å². The van der Waals surface area contributed by atoms with Gasteiger partial charge in [-0.15, -0.1) is 18.9 Å². The lowest BCUT2D eigenvalue weighted by molar-refractivity contribution is -0.145. The zero-order chi connectivity index (χ0) is 36.0. The number of Topliss-reactive ketones (excluding diaryl/α,β-unsaturated/α-hetero) is 2. The predicted molar refractivity (Wildman–Crippen MR) is 183 cm³/mol. The molecule has 0 aromatic heterocycles. The molecule has 6 atom stereocenters. The first-order valence-corrected chi connectivity index (χ1v) is 16.6. The normalized spacial score (nSPS) is 21.1. The van der Waals surface area contributed by atoms with Gasteiger partial charge in [-0.05, 0) is 41.4 Å². The van der Waals surface area contributed by atoms with E-state index in [1.165, 1.54) is 11.0 Å². The molecule has 4 N–H and O–H groups in total. The quantitative estimate of drug-likeness (QED) is 0.0745. The van der Waals surface area contributed by atoms with Crippen LogP contribution in [0.4, 0.5) is 4.79 Å². The number of hydrogen-bond donors (Lipinski definition) is 4. The van der Waals surface area contributed by atoms with Crippen molar-refractivity contribution in [2.24, 2.45) is 28.6 Å². The maximum atomic E-state index is 14.3. The standard InChI is InChI=1S/C37H51N5O6/c1-10-12-14-19-25(30(44)33(46)38-20-11-2)39-32(45)28-26-24(37(26,8)9)21-42(28)34(47)31(36(5,6)7)41-35(48)40-27(22(3)4)29(43)23-17-15-13-16-18-23/h1,11,13,15-18,22,24-28,31H,2,12,14,19-21H2,3-9H3,(H,38,46)(H,39,45)(H2,40,41,48)/t24-,25?,26-,27-,28-,31+/m0/s1. The van der Waals surface area contributed by atoms with Crippen molar-refractivity contribution in [3.8, 4) is 12.3 Å². The van der Waals surface area contributed by atoms with Gasteiger partial charge in [-0.3, -0.25) is 24.0 Å². The van der Waals surface area contributed by atoms with E-state index in [0.717, 1.165) is 0 Å². The number of amides is 5. The average molecular weight is 662 g/mol. The fourth-order valence-corrected chi connectivity index (χ4v) is 6.60. The molecule has 1 heterocycles. The summed E-state index contributed by atoms with van der Waals surface area (Å²) in [5.41, 5.74) is -0.541. The Morgan fingerprint density at radius 1 is 1.06 bits per heavy atom. The van der Waals surface area contributed by atoms with E-state index in [1.807, 2.05) is 48.5 Å². The predicted octanol–water partition coefficient (Wildman–Crippen LogP) is 3.25. The topological polar surface area (TPSA) is 154 Å². The minimum atomic E-state index is -1.13. The summed E-state index contributed by atoms with van der Waals surface area (Å²) in [6, 6.07) is 4.05. The second-order valence-electron chi connectivity index (χ2n) is 14.8. The summed E-state index contributed by atoms with van der Waals surface area (Å²) in [5, 5.41) is 10.8. The largest absolute Gasteiger partial charge is 0.346 e. The van der Waals surface area contributed by atoms with Crippen molar-refractivity contribution >= 4 is 35.3 Å². The van der Waals surface area contributed by atoms with Gasteiger partial charge in [-0.2, -0.15) is 0 Å². The van der Waals surface area contributed by atoms with Gasteiger partial charge in [0.1, 0.15) is 12.1 Å². The van der Waals surface area contributed by atoms with E-state index >= 15 is 0 Å². The van der Waals surface area contributed by atoms with Gasteiger partial charge in [0, 0.05) is 25.1 Å². The van der Waals surface area contributed by atoms with Gasteiger partial charge in [0.25, 0.3) is 5.91 Å². The number of hydrogen-bond acceptors (Lipinski definition) is 6. The first-order chi connectivity index (χ1) is 22.5. The van der Waals surface area contributed by atoms with Crippen molar-refractivity contribution < 1.29 is 28.8 Å². The third-order valence-electron chi connectivity index (χ3n) is 9.52. The summed E-state index contributed by atoms with van der Waals surface area (Å²) in [7, 11) is 0. The summed E-state index contributed by atoms with van der Waals surface area (Å²) in [6.07, 6.45) is 7.75. The first kappa shape index (κ1) is 38.0. The van der Waals surface area contributed by atoms with Gasteiger partial charge in [0.2, 0.25) is 17.6 Å². The number of likely N-dealkylation sites (tertiary alicyclic amines) is 1. The Morgan fingerprint density at radius 3 is 2.27 bits per heavy atom. The highest BCUT2D eigenvalue weighted by atomic mass is 16.2. The minimum absolute atomic E-state index is 0.0342. The fourth-order valence-electron chi connectivity index (χ4n) is 6.60. The second-order valence-corrected chi connectivity index (χ2v) is 14.8. The highest BCUT2D eigenvalue weighted by Gasteiger charge is 2.70. The molecule has 48 heavy (non-hydrogen) atoms. The summed E-state index contributed by atoms with van der Waals surface area (Å²) in [4.78, 5) is 82.1. The van der Waals surface area contributed by atoms with Crippen molar-refractivity contribution in [1.82, 2.24) is 26.2 Å². The third kappa shape index (κ3) is 8.71. The van der Waals surface area contributed by atoms with Crippen molar-refractivity contribution in [2.45, 2.75) is 91.9 Å². The molecule has 0 bridgehead atoms. The van der Waals surface area contributed by atoms with E-state index in [1.54, 1.807) is 30.3 Å². The number of rotatable bonds is 15. The molecule has 1 aromatic carbocycles. The van der Waals surface area contributed by atoms with Crippen LogP contribution >= 0.6 is 0 Å². The number of nitrogens with one attached hydrogen (secondary N) is 4. The monoisotopic (exact) mass is 661 g/mol. The molecule has 0 spiro atoms. The van der Waals surface area contributed by atoms with Gasteiger partial charge in [0.15, 0.2) is 5.78 Å². The molecule has 2 aliphatic rings. The van der Waals surface area contributed by atoms with Crippen molar-refractivity contribution in [1.29, 1.82) is 0 Å². The molecule has 2 fully saturated rings. The fraction of sp³-hybridized carbons (Fsp3) is 0.568. The van der Waals surface area contributed by atoms with Crippen LogP contribution in [0.25, 0.3) is 0 Å². The van der Waals surface area contributed by atoms with Crippen molar-refractivity contribution in [2.75, 3.05) is 13.1 Å². The Balaban J connectivity index is 1.84. The highest BCUT2D eigenvalue weighted by molar-refractivity contribution is 6.38. The zero-order valence-electron chi connectivity index (χ0n) is 29.2. The van der Waals surface area contributed by atoms with Crippen LogP contribution in [0.15, 0.2) is 43.0 Å². The van der Waals surface area contributed by atoms with Crippen LogP contribution in [0.2, 0.25) is 0 Å². The smallest absolute Gasteiger partial charge is 0.316 e. The molecule has 1 aromatic rings. The summed E-state index contributed by atoms with van der Waals surface area (Å²) in [6.45, 7) is 17.1. The Hall–Kier alpha value is -4.46. The Labute approximate surface area is 284 Å². The molecule has 3 rings (SSSR count). The van der Waals surface area contributed by atoms with Gasteiger partial charge in [0.05, 0.1) is 12.1 Å². The lowest BCUT2D eigenvalue weighted by Crippen LogP contribution is -2.62. The Morgan fingerprint density at radius 2 is 1.71 bits per heavy atom. The summed E-state index contributed by atoms with van der Waals surface area (Å²) in [5.74, 6) is -0.763. The van der Waals surface area contributed by atoms with Crippen LogP contribution in [0, 0.1) is 40.9 Å². The average Bonchev–Trinajstić information content (AvgIpc) is 3.34. The molecule has 1 aliphatic carbocycles. The van der Waals surface area contributed by atoms with Crippen LogP contribution in [-0.2, 0) is 19.2 Å². The molecule has 1 unspecified atom stereocenters. The minimum Gasteiger partial charge on any atom is -0.346 e. The van der Waals surface area contributed by atoms with Crippen LogP contribution < -0.4 is 21.3 Å². The number of carbonyl (C=O) groups is 6. The number of ketones is 2. The summed E-state index contributed by atoms with van der Waals surface area (Å²) >= 11 is 0. The molecule has 5 amide bonds. The molecule has 1 saturated heterocycles. The third-order valence-corrected chi connectivity index (χ3v) is 9.52. The molecule has 11 nitrogen and oxygen atoms in total. The lowest BCUT2D eigenvalue weighted by Gasteiger charge is -2.38. The molecular formula is C37H51N5O6. The number of benzene rings is 1. The Bertz CT molecular complexity index is 1440. The lowest BCUT2D eigenvalue weighted by atomic mass is 9.85. The van der Waals surface area contributed by atoms with E-state index in [9.17, 15) is 28.8 Å². The van der Waals surface area contributed by atoms with Crippen LogP contribution in [0.3, 0.4) is 0 Å². The number of nitrogens with zero attached hydrogens (tertiary/aromatic N) is 1. The van der Waals surface area contributed by atoms with Gasteiger partial charge < -0.3 is 26.2 Å². The second kappa shape index (κ2) is 15.6. The van der Waals surface area contributed by atoms with Gasteiger partial charge in [-0.25, -0.2) is 4.79 Å². The van der Waals surface area contributed by atoms with Crippen molar-refractivity contribution in [3.63, 3.8) is 0 Å². The van der Waals surface area contributed by atoms with Gasteiger partial charge >= 0.3 is 6.03 Å². The summed E-state index contributed by atoms with van der Waals surface area (Å²) < 4.78 is 0. The first-order valence-electron chi connectivity index (χ1n) is 16.6. The zero-order valence-corrected chi connectivity index (χ0v) is 29.2. The number of piperidine rings is 1. The van der Waals surface area contributed by atoms with E-state index < -0.39 is 59.1 Å². The maximum Gasteiger partial charge on any atom is 0.316 e. The molecule has 11 heteroatoms. The number of fused-ring (bicyclic) bond motifs is 1. The molecular weight excluding hydrogens is 610 g/mol. The van der Waals surface area contributed by atoms with E-state index in [-0.39, 0.29) is 41.9 Å². The molecule has 0 radical (unpaired) electrons. The van der Waals surface area contributed by atoms with Crippen LogP contribution in [0.1, 0.15) is 78.1 Å². The number of terminal acetylenes is 1. The van der Waals surface area contributed by atoms with E-state index in [0.29, 0.717) is 24.9 Å². The Kier molecular flexibility index (Phi) is 12.4. The van der Waals surface area contributed by atoms with Crippen LogP contribution in [-0.4, -0.2) is 77.5 Å².